The van der Waals surface area contributed by atoms with Gasteiger partial charge in [-0.2, -0.15) is 0 Å². The minimum atomic E-state index is 0.609. The van der Waals surface area contributed by atoms with Crippen molar-refractivity contribution < 1.29 is 9.15 Å². The monoisotopic (exact) mass is 294 g/mol. The molecular formula is C15H26N4O2. The molecule has 1 aliphatic carbocycles. The fraction of sp³-hybridized carbons (Fsp3) is 0.867. The molecular weight excluding hydrogens is 268 g/mol. The number of ether oxygens (including phenoxy) is 1. The van der Waals surface area contributed by atoms with E-state index in [4.69, 9.17) is 9.15 Å². The Labute approximate surface area is 126 Å². The lowest BCUT2D eigenvalue weighted by molar-refractivity contribution is 0.198. The highest BCUT2D eigenvalue weighted by molar-refractivity contribution is 5.28. The van der Waals surface area contributed by atoms with Gasteiger partial charge in [-0.15, -0.1) is 5.10 Å². The van der Waals surface area contributed by atoms with Gasteiger partial charge in [0.05, 0.1) is 13.2 Å². The average Bonchev–Trinajstić information content (AvgIpc) is 3.00. The summed E-state index contributed by atoms with van der Waals surface area (Å²) in [6.45, 7) is 3.15. The molecule has 0 aromatic carbocycles. The van der Waals surface area contributed by atoms with Crippen LogP contribution in [0.3, 0.4) is 0 Å². The predicted molar refractivity (Wildman–Crippen MR) is 80.2 cm³/mol. The number of methoxy groups -OCH3 is 1. The van der Waals surface area contributed by atoms with E-state index < -0.39 is 0 Å². The van der Waals surface area contributed by atoms with Crippen molar-refractivity contribution >= 4 is 6.01 Å². The lowest BCUT2D eigenvalue weighted by Crippen LogP contribution is -2.47. The Balaban J connectivity index is 1.59. The number of aromatic nitrogens is 2. The van der Waals surface area contributed by atoms with Crippen molar-refractivity contribution in [3.63, 3.8) is 0 Å². The quantitative estimate of drug-likeness (QED) is 0.809. The summed E-state index contributed by atoms with van der Waals surface area (Å²) < 4.78 is 10.9. The van der Waals surface area contributed by atoms with Gasteiger partial charge in [-0.1, -0.05) is 17.9 Å². The molecule has 3 rings (SSSR count). The van der Waals surface area contributed by atoms with Crippen molar-refractivity contribution in [1.82, 2.24) is 15.5 Å². The van der Waals surface area contributed by atoms with Crippen molar-refractivity contribution in [1.29, 1.82) is 0 Å². The molecule has 0 bridgehead atoms. The summed E-state index contributed by atoms with van der Waals surface area (Å²) in [5, 5.41) is 11.7. The molecule has 21 heavy (non-hydrogen) atoms. The summed E-state index contributed by atoms with van der Waals surface area (Å²) in [6.07, 6.45) is 7.95. The molecule has 2 heterocycles. The summed E-state index contributed by atoms with van der Waals surface area (Å²) in [5.41, 5.74) is 0. The zero-order valence-corrected chi connectivity index (χ0v) is 12.9. The van der Waals surface area contributed by atoms with Gasteiger partial charge in [0.1, 0.15) is 0 Å². The van der Waals surface area contributed by atoms with Gasteiger partial charge in [-0.05, 0) is 31.6 Å². The molecule has 2 fully saturated rings. The van der Waals surface area contributed by atoms with Gasteiger partial charge in [-0.25, -0.2) is 0 Å². The first-order valence-electron chi connectivity index (χ1n) is 8.17. The molecule has 1 aliphatic heterocycles. The molecule has 1 saturated carbocycles. The number of rotatable bonds is 6. The normalized spacial score (nSPS) is 25.9. The lowest BCUT2D eigenvalue weighted by atomic mass is 9.78. The molecule has 0 radical (unpaired) electrons. The van der Waals surface area contributed by atoms with Gasteiger partial charge in [0, 0.05) is 26.2 Å². The summed E-state index contributed by atoms with van der Waals surface area (Å²) in [4.78, 5) is 2.36. The Morgan fingerprint density at radius 1 is 1.24 bits per heavy atom. The minimum Gasteiger partial charge on any atom is -0.407 e. The van der Waals surface area contributed by atoms with E-state index in [2.05, 4.69) is 20.4 Å². The molecule has 6 nitrogen and oxygen atoms in total. The zero-order chi connectivity index (χ0) is 14.5. The predicted octanol–water partition coefficient (Wildman–Crippen LogP) is 1.96. The van der Waals surface area contributed by atoms with Crippen LogP contribution in [0.15, 0.2) is 4.42 Å². The van der Waals surface area contributed by atoms with Crippen LogP contribution in [0.5, 0.6) is 0 Å². The second-order valence-electron chi connectivity index (χ2n) is 6.10. The number of hydrogen-bond acceptors (Lipinski definition) is 6. The van der Waals surface area contributed by atoms with Gasteiger partial charge in [0.15, 0.2) is 0 Å². The smallest absolute Gasteiger partial charge is 0.318 e. The lowest BCUT2D eigenvalue weighted by Gasteiger charge is -2.43. The highest BCUT2D eigenvalue weighted by atomic mass is 16.5. The van der Waals surface area contributed by atoms with Gasteiger partial charge in [-0.3, -0.25) is 0 Å². The van der Waals surface area contributed by atoms with Gasteiger partial charge in [0.25, 0.3) is 0 Å². The van der Waals surface area contributed by atoms with E-state index in [1.54, 1.807) is 7.11 Å². The number of hydrogen-bond donors (Lipinski definition) is 1. The van der Waals surface area contributed by atoms with E-state index in [0.29, 0.717) is 25.1 Å². The SMILES string of the molecule is COCCNCc1nnc(N2CCC[C@H]3CCCC[C@H]32)o1. The molecule has 0 amide bonds. The van der Waals surface area contributed by atoms with E-state index >= 15 is 0 Å². The van der Waals surface area contributed by atoms with Crippen molar-refractivity contribution in [3.8, 4) is 0 Å². The molecule has 1 N–H and O–H groups in total. The third kappa shape index (κ3) is 3.55. The van der Waals surface area contributed by atoms with E-state index in [1.165, 1.54) is 38.5 Å². The number of nitrogens with zero attached hydrogens (tertiary/aromatic N) is 3. The minimum absolute atomic E-state index is 0.609. The molecule has 1 aromatic heterocycles. The van der Waals surface area contributed by atoms with Crippen molar-refractivity contribution in [3.05, 3.63) is 5.89 Å². The standard InChI is InChI=1S/C15H26N4O2/c1-20-10-8-16-11-14-17-18-15(21-14)19-9-4-6-12-5-2-3-7-13(12)19/h12-13,16H,2-11H2,1H3/t12-,13-/m1/s1. The van der Waals surface area contributed by atoms with Gasteiger partial charge >= 0.3 is 6.01 Å². The summed E-state index contributed by atoms with van der Waals surface area (Å²) >= 11 is 0. The maximum absolute atomic E-state index is 5.85. The van der Waals surface area contributed by atoms with E-state index in [9.17, 15) is 0 Å². The molecule has 0 spiro atoms. The zero-order valence-electron chi connectivity index (χ0n) is 12.9. The first-order chi connectivity index (χ1) is 10.4. The molecule has 0 unspecified atom stereocenters. The Morgan fingerprint density at radius 3 is 3.00 bits per heavy atom. The summed E-state index contributed by atoms with van der Waals surface area (Å²) in [7, 11) is 1.70. The molecule has 6 heteroatoms. The summed E-state index contributed by atoms with van der Waals surface area (Å²) in [6, 6.07) is 1.33. The topological polar surface area (TPSA) is 63.4 Å². The Hall–Kier alpha value is -1.14. The number of anilines is 1. The Morgan fingerprint density at radius 2 is 2.10 bits per heavy atom. The Bertz CT molecular complexity index is 435. The first kappa shape index (κ1) is 14.8. The molecule has 2 aliphatic rings. The van der Waals surface area contributed by atoms with Crippen molar-refractivity contribution in [2.75, 3.05) is 31.7 Å². The molecule has 118 valence electrons. The van der Waals surface area contributed by atoms with Gasteiger partial charge in [0.2, 0.25) is 5.89 Å². The van der Waals surface area contributed by atoms with Crippen LogP contribution in [-0.2, 0) is 11.3 Å². The Kier molecular flexibility index (Phi) is 5.08. The maximum Gasteiger partial charge on any atom is 0.318 e. The van der Waals surface area contributed by atoms with E-state index in [0.717, 1.165) is 25.0 Å². The number of piperidine rings is 1. The van der Waals surface area contributed by atoms with Crippen LogP contribution in [0.4, 0.5) is 6.01 Å². The van der Waals surface area contributed by atoms with Crippen LogP contribution in [-0.4, -0.2) is 43.0 Å². The van der Waals surface area contributed by atoms with E-state index in [-0.39, 0.29) is 0 Å². The maximum atomic E-state index is 5.85. The third-order valence-corrected chi connectivity index (χ3v) is 4.70. The van der Waals surface area contributed by atoms with Crippen LogP contribution in [0.2, 0.25) is 0 Å². The second kappa shape index (κ2) is 7.22. The highest BCUT2D eigenvalue weighted by Gasteiger charge is 2.35. The highest BCUT2D eigenvalue weighted by Crippen LogP contribution is 2.37. The van der Waals surface area contributed by atoms with Crippen molar-refractivity contribution in [2.45, 2.75) is 51.1 Å². The van der Waals surface area contributed by atoms with Crippen LogP contribution in [0.1, 0.15) is 44.4 Å². The largest absolute Gasteiger partial charge is 0.407 e. The van der Waals surface area contributed by atoms with Crippen molar-refractivity contribution in [2.24, 2.45) is 5.92 Å². The molecule has 2 atom stereocenters. The summed E-state index contributed by atoms with van der Waals surface area (Å²) in [5.74, 6) is 1.49. The van der Waals surface area contributed by atoms with Crippen LogP contribution in [0.25, 0.3) is 0 Å². The van der Waals surface area contributed by atoms with Crippen LogP contribution >= 0.6 is 0 Å². The second-order valence-corrected chi connectivity index (χ2v) is 6.10. The first-order valence-corrected chi connectivity index (χ1v) is 8.17. The molecule has 1 saturated heterocycles. The van der Waals surface area contributed by atoms with E-state index in [1.807, 2.05) is 0 Å². The molecule has 1 aromatic rings. The fourth-order valence-corrected chi connectivity index (χ4v) is 3.66. The van der Waals surface area contributed by atoms with Crippen LogP contribution in [0, 0.1) is 5.92 Å². The number of nitrogens with one attached hydrogen (secondary N) is 1. The van der Waals surface area contributed by atoms with Gasteiger partial charge < -0.3 is 19.4 Å². The fourth-order valence-electron chi connectivity index (χ4n) is 3.66. The number of fused-ring (bicyclic) bond motifs is 1. The third-order valence-electron chi connectivity index (χ3n) is 4.70. The van der Waals surface area contributed by atoms with Crippen LogP contribution < -0.4 is 10.2 Å². The average molecular weight is 294 g/mol.